The molecule has 0 aliphatic carbocycles. The van der Waals surface area contributed by atoms with Gasteiger partial charge in [0.1, 0.15) is 0 Å². The van der Waals surface area contributed by atoms with Crippen molar-refractivity contribution < 1.29 is 14.2 Å². The fraction of sp³-hybridized carbons (Fsp3) is 0.471. The van der Waals surface area contributed by atoms with Crippen LogP contribution in [0.2, 0.25) is 0 Å². The third kappa shape index (κ3) is 3.18. The van der Waals surface area contributed by atoms with Gasteiger partial charge in [0.05, 0.1) is 18.0 Å². The molecule has 1 aromatic carbocycles. The van der Waals surface area contributed by atoms with Crippen LogP contribution in [0.3, 0.4) is 0 Å². The second-order valence-corrected chi connectivity index (χ2v) is 5.94. The fourth-order valence-corrected chi connectivity index (χ4v) is 3.11. The van der Waals surface area contributed by atoms with Crippen LogP contribution in [0.25, 0.3) is 11.3 Å². The van der Waals surface area contributed by atoms with Crippen molar-refractivity contribution in [2.24, 2.45) is 0 Å². The molecule has 0 bridgehead atoms. The minimum Gasteiger partial charge on any atom is -0.454 e. The highest BCUT2D eigenvalue weighted by Crippen LogP contribution is 2.36. The number of rotatable bonds is 6. The molecule has 1 atom stereocenters. The molecular formula is C17H21N3O3. The number of ether oxygens (including phenoxy) is 3. The summed E-state index contributed by atoms with van der Waals surface area (Å²) in [5.74, 6) is 1.58. The standard InChI is InChI=1S/C17H21N3O3/c1-2-14(21-7-1)5-6-18-9-13-10-19-20-17(13)12-3-4-15-16(8-12)23-11-22-15/h3-4,8,10,14,18H,1-2,5-7,9,11H2,(H,19,20)/t14-/m0/s1. The van der Waals surface area contributed by atoms with Gasteiger partial charge in [-0.3, -0.25) is 5.10 Å². The summed E-state index contributed by atoms with van der Waals surface area (Å²) >= 11 is 0. The first-order valence-corrected chi connectivity index (χ1v) is 8.15. The number of nitrogens with zero attached hydrogens (tertiary/aromatic N) is 1. The van der Waals surface area contributed by atoms with Crippen molar-refractivity contribution in [2.45, 2.75) is 31.9 Å². The van der Waals surface area contributed by atoms with Gasteiger partial charge in [-0.1, -0.05) is 0 Å². The molecule has 6 nitrogen and oxygen atoms in total. The van der Waals surface area contributed by atoms with E-state index in [0.717, 1.165) is 54.4 Å². The lowest BCUT2D eigenvalue weighted by atomic mass is 10.1. The Morgan fingerprint density at radius 2 is 2.22 bits per heavy atom. The van der Waals surface area contributed by atoms with Crippen molar-refractivity contribution in [1.82, 2.24) is 15.5 Å². The molecule has 0 radical (unpaired) electrons. The minimum atomic E-state index is 0.291. The maximum atomic E-state index is 5.64. The minimum absolute atomic E-state index is 0.291. The Bertz CT molecular complexity index is 665. The molecule has 4 rings (SSSR count). The maximum absolute atomic E-state index is 5.64. The molecule has 1 saturated heterocycles. The van der Waals surface area contributed by atoms with Gasteiger partial charge in [-0.25, -0.2) is 0 Å². The van der Waals surface area contributed by atoms with Crippen molar-refractivity contribution >= 4 is 0 Å². The van der Waals surface area contributed by atoms with Gasteiger partial charge >= 0.3 is 0 Å². The monoisotopic (exact) mass is 315 g/mol. The summed E-state index contributed by atoms with van der Waals surface area (Å²) in [5.41, 5.74) is 3.23. The Morgan fingerprint density at radius 3 is 3.13 bits per heavy atom. The highest BCUT2D eigenvalue weighted by atomic mass is 16.7. The lowest BCUT2D eigenvalue weighted by molar-refractivity contribution is 0.104. The summed E-state index contributed by atoms with van der Waals surface area (Å²) in [4.78, 5) is 0. The first kappa shape index (κ1) is 14.5. The fourth-order valence-electron chi connectivity index (χ4n) is 3.11. The second-order valence-electron chi connectivity index (χ2n) is 5.94. The molecule has 2 aliphatic rings. The van der Waals surface area contributed by atoms with E-state index in [4.69, 9.17) is 14.2 Å². The van der Waals surface area contributed by atoms with Crippen LogP contribution in [-0.2, 0) is 11.3 Å². The molecule has 0 amide bonds. The summed E-state index contributed by atoms with van der Waals surface area (Å²) in [6.45, 7) is 2.95. The Hall–Kier alpha value is -2.05. The van der Waals surface area contributed by atoms with Gasteiger partial charge in [0.2, 0.25) is 6.79 Å². The van der Waals surface area contributed by atoms with Gasteiger partial charge in [-0.15, -0.1) is 0 Å². The van der Waals surface area contributed by atoms with Gasteiger partial charge in [0, 0.05) is 24.3 Å². The molecule has 0 saturated carbocycles. The topological polar surface area (TPSA) is 68.4 Å². The predicted molar refractivity (Wildman–Crippen MR) is 85.4 cm³/mol. The van der Waals surface area contributed by atoms with Gasteiger partial charge < -0.3 is 19.5 Å². The van der Waals surface area contributed by atoms with Crippen LogP contribution in [0.15, 0.2) is 24.4 Å². The lowest BCUT2D eigenvalue weighted by Crippen LogP contribution is -2.19. The zero-order valence-electron chi connectivity index (χ0n) is 13.0. The van der Waals surface area contributed by atoms with Crippen LogP contribution in [0.5, 0.6) is 11.5 Å². The van der Waals surface area contributed by atoms with Gasteiger partial charge in [0.25, 0.3) is 0 Å². The molecule has 1 aromatic heterocycles. The number of fused-ring (bicyclic) bond motifs is 1. The molecule has 3 heterocycles. The summed E-state index contributed by atoms with van der Waals surface area (Å²) in [5, 5.41) is 10.8. The lowest BCUT2D eigenvalue weighted by Gasteiger charge is -2.10. The molecule has 6 heteroatoms. The number of hydrogen-bond donors (Lipinski definition) is 2. The van der Waals surface area contributed by atoms with E-state index in [2.05, 4.69) is 15.5 Å². The van der Waals surface area contributed by atoms with Gasteiger partial charge in [-0.2, -0.15) is 5.10 Å². The van der Waals surface area contributed by atoms with E-state index in [-0.39, 0.29) is 0 Å². The molecule has 0 unspecified atom stereocenters. The molecule has 2 aliphatic heterocycles. The summed E-state index contributed by atoms with van der Waals surface area (Å²) in [6.07, 6.45) is 5.76. The SMILES string of the molecule is c1cc2c(cc1-c1[nH]ncc1CNCC[C@@H]1CCCO1)OCO2. The molecule has 122 valence electrons. The number of aromatic nitrogens is 2. The van der Waals surface area contributed by atoms with Crippen molar-refractivity contribution in [3.63, 3.8) is 0 Å². The van der Waals surface area contributed by atoms with Gasteiger partial charge in [-0.05, 0) is 44.0 Å². The Labute approximate surface area is 135 Å². The Balaban J connectivity index is 1.38. The van der Waals surface area contributed by atoms with E-state index >= 15 is 0 Å². The zero-order chi connectivity index (χ0) is 15.5. The highest BCUT2D eigenvalue weighted by Gasteiger charge is 2.17. The quantitative estimate of drug-likeness (QED) is 0.802. The number of aromatic amines is 1. The van der Waals surface area contributed by atoms with Crippen molar-refractivity contribution in [1.29, 1.82) is 0 Å². The summed E-state index contributed by atoms with van der Waals surface area (Å²) in [6, 6.07) is 5.95. The Kier molecular flexibility index (Phi) is 4.17. The highest BCUT2D eigenvalue weighted by molar-refractivity contribution is 5.66. The van der Waals surface area contributed by atoms with Crippen LogP contribution in [0, 0.1) is 0 Å². The average molecular weight is 315 g/mol. The zero-order valence-corrected chi connectivity index (χ0v) is 13.0. The summed E-state index contributed by atoms with van der Waals surface area (Å²) < 4.78 is 16.4. The third-order valence-corrected chi connectivity index (χ3v) is 4.36. The molecular weight excluding hydrogens is 294 g/mol. The molecule has 0 spiro atoms. The van der Waals surface area contributed by atoms with Crippen LogP contribution in [-0.4, -0.2) is 36.2 Å². The molecule has 23 heavy (non-hydrogen) atoms. The largest absolute Gasteiger partial charge is 0.454 e. The first-order valence-electron chi connectivity index (χ1n) is 8.15. The molecule has 2 N–H and O–H groups in total. The van der Waals surface area contributed by atoms with E-state index in [1.807, 2.05) is 24.4 Å². The smallest absolute Gasteiger partial charge is 0.231 e. The second kappa shape index (κ2) is 6.60. The maximum Gasteiger partial charge on any atom is 0.231 e. The molecule has 2 aromatic rings. The number of benzene rings is 1. The van der Waals surface area contributed by atoms with E-state index in [0.29, 0.717) is 12.9 Å². The average Bonchev–Trinajstić information content (AvgIpc) is 3.31. The number of nitrogens with one attached hydrogen (secondary N) is 2. The predicted octanol–water partition coefficient (Wildman–Crippen LogP) is 2.46. The summed E-state index contributed by atoms with van der Waals surface area (Å²) in [7, 11) is 0. The van der Waals surface area contributed by atoms with Crippen molar-refractivity contribution in [3.8, 4) is 22.8 Å². The van der Waals surface area contributed by atoms with Crippen LogP contribution >= 0.6 is 0 Å². The van der Waals surface area contributed by atoms with Crippen molar-refractivity contribution in [2.75, 3.05) is 19.9 Å². The number of H-pyrrole nitrogens is 1. The van der Waals surface area contributed by atoms with E-state index < -0.39 is 0 Å². The van der Waals surface area contributed by atoms with Crippen LogP contribution in [0.1, 0.15) is 24.8 Å². The van der Waals surface area contributed by atoms with Crippen LogP contribution in [0.4, 0.5) is 0 Å². The van der Waals surface area contributed by atoms with Gasteiger partial charge in [0.15, 0.2) is 11.5 Å². The normalized spacial score (nSPS) is 19.4. The van der Waals surface area contributed by atoms with E-state index in [9.17, 15) is 0 Å². The Morgan fingerprint density at radius 1 is 1.26 bits per heavy atom. The molecule has 1 fully saturated rings. The van der Waals surface area contributed by atoms with E-state index in [1.54, 1.807) is 0 Å². The van der Waals surface area contributed by atoms with E-state index in [1.165, 1.54) is 12.8 Å². The van der Waals surface area contributed by atoms with Crippen molar-refractivity contribution in [3.05, 3.63) is 30.0 Å². The first-order chi connectivity index (χ1) is 11.4. The van der Waals surface area contributed by atoms with Crippen LogP contribution < -0.4 is 14.8 Å². The number of hydrogen-bond acceptors (Lipinski definition) is 5. The third-order valence-electron chi connectivity index (χ3n) is 4.36.